The van der Waals surface area contributed by atoms with Crippen molar-refractivity contribution in [3.8, 4) is 0 Å². The van der Waals surface area contributed by atoms with Crippen molar-refractivity contribution in [3.05, 3.63) is 13.6 Å². The van der Waals surface area contributed by atoms with Gasteiger partial charge in [0.05, 0.1) is 0 Å². The zero-order chi connectivity index (χ0) is 4.00. The predicted octanol–water partition coefficient (Wildman–Crippen LogP) is 3.85. The van der Waals surface area contributed by atoms with E-state index in [1.54, 1.807) is 0 Å². The van der Waals surface area contributed by atoms with Crippen LogP contribution in [0, 0.1) is 7.43 Å². The Bertz CT molecular complexity index is 8.49. The molecule has 0 saturated heterocycles. The molecule has 0 bridgehead atoms. The molecule has 0 fully saturated rings. The van der Waals surface area contributed by atoms with Crippen molar-refractivity contribution in [3.63, 3.8) is 0 Å². The second-order valence-corrected chi connectivity index (χ2v) is 0. The van der Waals surface area contributed by atoms with Crippen molar-refractivity contribution >= 4 is 0 Å². The van der Waals surface area contributed by atoms with Gasteiger partial charge in [0.15, 0.2) is 0 Å². The minimum absolute atomic E-state index is 0. The van der Waals surface area contributed by atoms with Crippen LogP contribution < -0.4 is 0 Å². The minimum Gasteiger partial charge on any atom is -0.693 e. The van der Waals surface area contributed by atoms with Crippen LogP contribution in [0.25, 0.3) is 6.15 Å². The Balaban J connectivity index is -0.00000000167. The van der Waals surface area contributed by atoms with E-state index in [1.165, 1.54) is 0 Å². The van der Waals surface area contributed by atoms with Crippen LogP contribution in [0.5, 0.6) is 0 Å². The van der Waals surface area contributed by atoms with Gasteiger partial charge in [0.1, 0.15) is 0 Å². The molecule has 2 heteroatoms. The molecule has 2 N–H and O–H groups in total. The minimum atomic E-state index is 0. The molecule has 0 aliphatic rings. The van der Waals surface area contributed by atoms with Gasteiger partial charge in [-0.05, 0) is 0 Å². The molecule has 1 radical (unpaired) electrons. The number of rotatable bonds is 0. The molecule has 55 valence electrons. The van der Waals surface area contributed by atoms with Crippen molar-refractivity contribution in [2.75, 3.05) is 0 Å². The van der Waals surface area contributed by atoms with Gasteiger partial charge >= 0.3 is 18.6 Å². The normalized spacial score (nSPS) is 1.50. The molecular weight excluding hydrogens is 137 g/mol. The van der Waals surface area contributed by atoms with Gasteiger partial charge in [-0.3, -0.25) is 0 Å². The van der Waals surface area contributed by atoms with Crippen LogP contribution in [0.1, 0.15) is 35.1 Å². The van der Waals surface area contributed by atoms with Crippen molar-refractivity contribution < 1.29 is 18.6 Å². The molecule has 0 rings (SSSR count). The van der Waals surface area contributed by atoms with Crippen molar-refractivity contribution in [1.82, 2.24) is 0 Å². The van der Waals surface area contributed by atoms with E-state index in [2.05, 4.69) is 0 Å². The van der Waals surface area contributed by atoms with E-state index in [0.29, 0.717) is 0 Å². The van der Waals surface area contributed by atoms with Crippen LogP contribution >= 0.6 is 0 Å². The average Bonchev–Trinajstić information content (AvgIpc) is 1.50. The summed E-state index contributed by atoms with van der Waals surface area (Å²) in [5.74, 6) is 0. The molecule has 0 aromatic heterocycles. The van der Waals surface area contributed by atoms with Gasteiger partial charge in [-0.1, -0.05) is 35.1 Å². The Labute approximate surface area is 67.7 Å². The van der Waals surface area contributed by atoms with Gasteiger partial charge in [0, 0.05) is 0 Å². The maximum atomic E-state index is 2.00. The van der Waals surface area contributed by atoms with Crippen LogP contribution in [-0.4, -0.2) is 0 Å². The fraction of sp³-hybridized carbons (Fsp3) is 0.833. The molecular formula is C6H21NV. The van der Waals surface area contributed by atoms with E-state index < -0.39 is 0 Å². The maximum Gasteiger partial charge on any atom is 2.00 e. The fourth-order valence-corrected chi connectivity index (χ4v) is 0. The number of hydrogen-bond acceptors (Lipinski definition) is 0. The van der Waals surface area contributed by atoms with E-state index >= 15 is 0 Å². The quantitative estimate of drug-likeness (QED) is 0.480. The maximum absolute atomic E-state index is 2.00. The first kappa shape index (κ1) is 75.1. The summed E-state index contributed by atoms with van der Waals surface area (Å²) < 4.78 is 0. The Morgan fingerprint density at radius 3 is 0.750 bits per heavy atom. The van der Waals surface area contributed by atoms with Gasteiger partial charge in [0.2, 0.25) is 0 Å². The monoisotopic (exact) mass is 158 g/mol. The first-order valence-corrected chi connectivity index (χ1v) is 2.00. The van der Waals surface area contributed by atoms with Crippen LogP contribution in [-0.2, 0) is 18.6 Å². The summed E-state index contributed by atoms with van der Waals surface area (Å²) in [7, 11) is 0. The third-order valence-electron chi connectivity index (χ3n) is 0. The van der Waals surface area contributed by atoms with Crippen LogP contribution in [0.2, 0.25) is 0 Å². The molecule has 0 aliphatic carbocycles. The largest absolute Gasteiger partial charge is 2.00 e. The Kier molecular flexibility index (Phi) is 10200. The summed E-state index contributed by atoms with van der Waals surface area (Å²) in [5, 5.41) is 0. The molecule has 0 spiro atoms. The standard InChI is InChI=1S/2C2H6.CH4.CH3.H2N.V/c2*1-2;;;;/h2*1-2H3;1H4;1H3;1H2;/q;;;2*-1;+2. The van der Waals surface area contributed by atoms with E-state index in [4.69, 9.17) is 0 Å². The van der Waals surface area contributed by atoms with Crippen LogP contribution in [0.4, 0.5) is 0 Å². The second kappa shape index (κ2) is 1090. The molecule has 0 amide bonds. The average molecular weight is 158 g/mol. The SMILES string of the molecule is C.CC.CC.[CH3-].[NH2-].[V+2]. The van der Waals surface area contributed by atoms with Crippen molar-refractivity contribution in [2.24, 2.45) is 0 Å². The van der Waals surface area contributed by atoms with Gasteiger partial charge in [0.25, 0.3) is 0 Å². The van der Waals surface area contributed by atoms with E-state index in [1.807, 2.05) is 27.7 Å². The Hall–Kier alpha value is 0.544. The summed E-state index contributed by atoms with van der Waals surface area (Å²) >= 11 is 0. The van der Waals surface area contributed by atoms with E-state index in [0.717, 1.165) is 0 Å². The van der Waals surface area contributed by atoms with Crippen molar-refractivity contribution in [1.29, 1.82) is 0 Å². The first-order chi connectivity index (χ1) is 2.00. The predicted molar refractivity (Wildman–Crippen MR) is 41.1 cm³/mol. The zero-order valence-electron chi connectivity index (χ0n) is 6.02. The van der Waals surface area contributed by atoms with E-state index in [9.17, 15) is 0 Å². The Morgan fingerprint density at radius 2 is 0.750 bits per heavy atom. The molecule has 0 saturated carbocycles. The molecule has 0 aliphatic heterocycles. The van der Waals surface area contributed by atoms with Crippen LogP contribution in [0.3, 0.4) is 0 Å². The molecule has 0 atom stereocenters. The Morgan fingerprint density at radius 1 is 0.750 bits per heavy atom. The first-order valence-electron chi connectivity index (χ1n) is 2.00. The third kappa shape index (κ3) is 679. The summed E-state index contributed by atoms with van der Waals surface area (Å²) in [5.41, 5.74) is 0. The van der Waals surface area contributed by atoms with E-state index in [-0.39, 0.29) is 39.6 Å². The molecule has 1 nitrogen and oxygen atoms in total. The molecule has 0 heterocycles. The van der Waals surface area contributed by atoms with Gasteiger partial charge in [-0.15, -0.1) is 0 Å². The third-order valence-corrected chi connectivity index (χ3v) is 0. The fourth-order valence-electron chi connectivity index (χ4n) is 0. The molecule has 0 aromatic rings. The van der Waals surface area contributed by atoms with Gasteiger partial charge in [-0.25, -0.2) is 0 Å². The summed E-state index contributed by atoms with van der Waals surface area (Å²) in [4.78, 5) is 0. The molecule has 0 aromatic carbocycles. The number of hydrogen-bond donors (Lipinski definition) is 0. The summed E-state index contributed by atoms with van der Waals surface area (Å²) in [6.07, 6.45) is 0. The topological polar surface area (TPSA) is 33.5 Å². The van der Waals surface area contributed by atoms with Gasteiger partial charge < -0.3 is 13.6 Å². The number of nitrogens with two attached hydrogens (primary N) is 1. The summed E-state index contributed by atoms with van der Waals surface area (Å²) in [6.45, 7) is 8.00. The second-order valence-electron chi connectivity index (χ2n) is 0. The summed E-state index contributed by atoms with van der Waals surface area (Å²) in [6, 6.07) is 0. The van der Waals surface area contributed by atoms with Crippen LogP contribution in [0.15, 0.2) is 0 Å². The molecule has 0 unspecified atom stereocenters. The van der Waals surface area contributed by atoms with Gasteiger partial charge in [-0.2, -0.15) is 0 Å². The zero-order valence-corrected chi connectivity index (χ0v) is 7.42. The van der Waals surface area contributed by atoms with Crippen molar-refractivity contribution in [2.45, 2.75) is 35.1 Å². The smallest absolute Gasteiger partial charge is 0.693 e. The molecule has 8 heavy (non-hydrogen) atoms.